The number of nitrogens with two attached hydrogens (primary N) is 1. The van der Waals surface area contributed by atoms with E-state index in [0.717, 1.165) is 38.5 Å². The molecule has 0 aliphatic heterocycles. The molecule has 130 valence electrons. The average Bonchev–Trinajstić information content (AvgIpc) is 2.56. The zero-order chi connectivity index (χ0) is 17.0. The molecule has 0 spiro atoms. The minimum Gasteiger partial charge on any atom is -0.466 e. The first-order valence-corrected chi connectivity index (χ1v) is 8.74. The van der Waals surface area contributed by atoms with Crippen LogP contribution in [-0.2, 0) is 14.3 Å². The van der Waals surface area contributed by atoms with E-state index in [1.807, 2.05) is 20.8 Å². The molecule has 22 heavy (non-hydrogen) atoms. The molecule has 1 atom stereocenters. The predicted octanol–water partition coefficient (Wildman–Crippen LogP) is 2.86. The van der Waals surface area contributed by atoms with Crippen LogP contribution in [0.25, 0.3) is 0 Å². The summed E-state index contributed by atoms with van der Waals surface area (Å²) in [5.41, 5.74) is 5.84. The molecular formula is C17H34N2O3. The predicted molar refractivity (Wildman–Crippen MR) is 89.5 cm³/mol. The summed E-state index contributed by atoms with van der Waals surface area (Å²) in [4.78, 5) is 25.5. The van der Waals surface area contributed by atoms with Crippen LogP contribution < -0.4 is 5.73 Å². The van der Waals surface area contributed by atoms with E-state index in [4.69, 9.17) is 10.5 Å². The molecule has 0 aromatic carbocycles. The lowest BCUT2D eigenvalue weighted by molar-refractivity contribution is -0.147. The van der Waals surface area contributed by atoms with E-state index in [1.54, 1.807) is 11.9 Å². The maximum Gasteiger partial charge on any atom is 0.307 e. The Hall–Kier alpha value is -1.10. The van der Waals surface area contributed by atoms with Gasteiger partial charge in [0.15, 0.2) is 0 Å². The molecule has 0 saturated heterocycles. The van der Waals surface area contributed by atoms with Crippen molar-refractivity contribution in [2.45, 2.75) is 84.2 Å². The number of esters is 1. The second-order valence-electron chi connectivity index (χ2n) is 5.63. The van der Waals surface area contributed by atoms with Crippen LogP contribution in [-0.4, -0.2) is 42.5 Å². The van der Waals surface area contributed by atoms with Crippen molar-refractivity contribution in [1.82, 2.24) is 4.90 Å². The van der Waals surface area contributed by atoms with Crippen molar-refractivity contribution in [1.29, 1.82) is 0 Å². The maximum atomic E-state index is 12.2. The Labute approximate surface area is 135 Å². The first-order chi connectivity index (χ1) is 10.6. The third-order valence-electron chi connectivity index (χ3n) is 3.93. The summed E-state index contributed by atoms with van der Waals surface area (Å²) in [5, 5.41) is 0. The van der Waals surface area contributed by atoms with E-state index in [2.05, 4.69) is 0 Å². The number of unbranched alkanes of at least 4 members (excludes halogenated alkanes) is 1. The fourth-order valence-corrected chi connectivity index (χ4v) is 2.57. The Bertz CT molecular complexity index is 315. The van der Waals surface area contributed by atoms with Gasteiger partial charge in [0.25, 0.3) is 0 Å². The molecule has 0 bridgehead atoms. The topological polar surface area (TPSA) is 72.6 Å². The van der Waals surface area contributed by atoms with E-state index in [1.165, 1.54) is 6.42 Å². The highest BCUT2D eigenvalue weighted by atomic mass is 16.5. The molecule has 5 heteroatoms. The van der Waals surface area contributed by atoms with Crippen LogP contribution in [0.4, 0.5) is 0 Å². The van der Waals surface area contributed by atoms with Crippen LogP contribution in [0, 0.1) is 0 Å². The highest BCUT2D eigenvalue weighted by molar-refractivity contribution is 5.86. The molecule has 0 aromatic rings. The summed E-state index contributed by atoms with van der Waals surface area (Å²) in [5.74, 6) is -0.527. The van der Waals surface area contributed by atoms with Gasteiger partial charge in [0.05, 0.1) is 19.1 Å². The van der Waals surface area contributed by atoms with Crippen molar-refractivity contribution in [2.24, 2.45) is 5.73 Å². The largest absolute Gasteiger partial charge is 0.466 e. The summed E-state index contributed by atoms with van der Waals surface area (Å²) in [7, 11) is 1.79. The maximum absolute atomic E-state index is 12.2. The fraction of sp³-hybridized carbons (Fsp3) is 0.882. The van der Waals surface area contributed by atoms with E-state index >= 15 is 0 Å². The van der Waals surface area contributed by atoms with Crippen molar-refractivity contribution < 1.29 is 14.3 Å². The lowest BCUT2D eigenvalue weighted by Gasteiger charge is -2.32. The molecule has 0 radical (unpaired) electrons. The van der Waals surface area contributed by atoms with Crippen LogP contribution in [0.3, 0.4) is 0 Å². The van der Waals surface area contributed by atoms with E-state index in [-0.39, 0.29) is 24.3 Å². The molecule has 1 aliphatic rings. The molecule has 5 nitrogen and oxygen atoms in total. The van der Waals surface area contributed by atoms with Crippen LogP contribution in [0.15, 0.2) is 0 Å². The Morgan fingerprint density at radius 1 is 1.23 bits per heavy atom. The zero-order valence-corrected chi connectivity index (χ0v) is 14.8. The van der Waals surface area contributed by atoms with E-state index in [9.17, 15) is 9.59 Å². The standard InChI is InChI=1S/C15H28N2O3.C2H6/c1-3-4-10-20-14(18)11-13(16)15(19)17(2)12-8-6-5-7-9-12;1-2/h12-13H,3-11,16H2,1-2H3;1-2H3. The van der Waals surface area contributed by atoms with Crippen LogP contribution >= 0.6 is 0 Å². The molecule has 1 fully saturated rings. The van der Waals surface area contributed by atoms with Gasteiger partial charge in [0.2, 0.25) is 5.91 Å². The van der Waals surface area contributed by atoms with Gasteiger partial charge in [-0.1, -0.05) is 46.5 Å². The Kier molecular flexibility index (Phi) is 11.8. The number of rotatable bonds is 7. The van der Waals surface area contributed by atoms with Crippen molar-refractivity contribution in [3.8, 4) is 0 Å². The number of carbonyl (C=O) groups is 2. The van der Waals surface area contributed by atoms with Crippen molar-refractivity contribution in [3.63, 3.8) is 0 Å². The summed E-state index contributed by atoms with van der Waals surface area (Å²) < 4.78 is 5.04. The van der Waals surface area contributed by atoms with Crippen LogP contribution in [0.5, 0.6) is 0 Å². The van der Waals surface area contributed by atoms with Gasteiger partial charge in [-0.25, -0.2) is 0 Å². The van der Waals surface area contributed by atoms with E-state index < -0.39 is 6.04 Å². The monoisotopic (exact) mass is 314 g/mol. The fourth-order valence-electron chi connectivity index (χ4n) is 2.57. The Morgan fingerprint density at radius 3 is 2.36 bits per heavy atom. The Morgan fingerprint density at radius 2 is 1.82 bits per heavy atom. The second kappa shape index (κ2) is 12.4. The summed E-state index contributed by atoms with van der Waals surface area (Å²) in [6.45, 7) is 6.44. The van der Waals surface area contributed by atoms with Gasteiger partial charge >= 0.3 is 5.97 Å². The summed E-state index contributed by atoms with van der Waals surface area (Å²) in [6, 6.07) is -0.505. The summed E-state index contributed by atoms with van der Waals surface area (Å²) >= 11 is 0. The summed E-state index contributed by atoms with van der Waals surface area (Å²) in [6.07, 6.45) is 7.44. The number of carbonyl (C=O) groups excluding carboxylic acids is 2. The van der Waals surface area contributed by atoms with Crippen molar-refractivity contribution in [2.75, 3.05) is 13.7 Å². The quantitative estimate of drug-likeness (QED) is 0.579. The molecule has 1 saturated carbocycles. The molecule has 1 rings (SSSR count). The first kappa shape index (κ1) is 20.9. The van der Waals surface area contributed by atoms with Gasteiger partial charge in [0.1, 0.15) is 0 Å². The van der Waals surface area contributed by atoms with Gasteiger partial charge in [-0.2, -0.15) is 0 Å². The third-order valence-corrected chi connectivity index (χ3v) is 3.93. The first-order valence-electron chi connectivity index (χ1n) is 8.74. The number of hydrogen-bond donors (Lipinski definition) is 1. The average molecular weight is 314 g/mol. The Balaban J connectivity index is 0.00000211. The molecule has 0 heterocycles. The number of ether oxygens (including phenoxy) is 1. The minimum atomic E-state index is -0.781. The minimum absolute atomic E-state index is 0.0282. The molecule has 1 amide bonds. The normalized spacial score (nSPS) is 16.2. The van der Waals surface area contributed by atoms with E-state index in [0.29, 0.717) is 6.61 Å². The molecule has 2 N–H and O–H groups in total. The van der Waals surface area contributed by atoms with Crippen molar-refractivity contribution >= 4 is 11.9 Å². The number of hydrogen-bond acceptors (Lipinski definition) is 4. The lowest BCUT2D eigenvalue weighted by Crippen LogP contribution is -2.48. The number of nitrogens with zero attached hydrogens (tertiary/aromatic N) is 1. The van der Waals surface area contributed by atoms with Gasteiger partial charge in [-0.15, -0.1) is 0 Å². The van der Waals surface area contributed by atoms with Crippen LogP contribution in [0.1, 0.15) is 72.1 Å². The molecule has 1 aliphatic carbocycles. The molecule has 1 unspecified atom stereocenters. The highest BCUT2D eigenvalue weighted by Gasteiger charge is 2.27. The number of amides is 1. The van der Waals surface area contributed by atoms with Crippen molar-refractivity contribution in [3.05, 3.63) is 0 Å². The third kappa shape index (κ3) is 7.78. The lowest BCUT2D eigenvalue weighted by atomic mass is 9.94. The van der Waals surface area contributed by atoms with Gasteiger partial charge in [-0.3, -0.25) is 9.59 Å². The zero-order valence-electron chi connectivity index (χ0n) is 14.8. The SMILES string of the molecule is CC.CCCCOC(=O)CC(N)C(=O)N(C)C1CCCCC1. The molecular weight excluding hydrogens is 280 g/mol. The van der Waals surface area contributed by atoms with Crippen LogP contribution in [0.2, 0.25) is 0 Å². The second-order valence-corrected chi connectivity index (χ2v) is 5.63. The van der Waals surface area contributed by atoms with Gasteiger partial charge in [-0.05, 0) is 19.3 Å². The molecule has 0 aromatic heterocycles. The highest BCUT2D eigenvalue weighted by Crippen LogP contribution is 2.22. The van der Waals surface area contributed by atoms with Gasteiger partial charge < -0.3 is 15.4 Å². The van der Waals surface area contributed by atoms with Gasteiger partial charge in [0, 0.05) is 13.1 Å². The smallest absolute Gasteiger partial charge is 0.307 e. The number of likely N-dealkylation sites (N-methyl/N-ethyl adjacent to an activating group) is 1.